The molecule has 0 saturated heterocycles. The van der Waals surface area contributed by atoms with Gasteiger partial charge in [-0.2, -0.15) is 0 Å². The average Bonchev–Trinajstić information content (AvgIpc) is 2.22. The summed E-state index contributed by atoms with van der Waals surface area (Å²) in [7, 11) is 0. The number of hydrogen-bond acceptors (Lipinski definition) is 0. The molecule has 0 atom stereocenters. The maximum atomic E-state index is 13.8. The summed E-state index contributed by atoms with van der Waals surface area (Å²) in [5.41, 5.74) is 0.0686. The Morgan fingerprint density at radius 3 is 2.50 bits per heavy atom. The van der Waals surface area contributed by atoms with Crippen molar-refractivity contribution in [2.75, 3.05) is 5.88 Å². The number of benzene rings is 1. The summed E-state index contributed by atoms with van der Waals surface area (Å²) in [4.78, 5) is 0. The lowest BCUT2D eigenvalue weighted by Gasteiger charge is -2.40. The van der Waals surface area contributed by atoms with Crippen LogP contribution in [0.1, 0.15) is 24.8 Å². The van der Waals surface area contributed by atoms with Crippen LogP contribution in [0.5, 0.6) is 0 Å². The van der Waals surface area contributed by atoms with E-state index in [1.54, 1.807) is 0 Å². The van der Waals surface area contributed by atoms with E-state index in [1.807, 2.05) is 0 Å². The smallest absolute Gasteiger partial charge is 0.143 e. The zero-order valence-electron chi connectivity index (χ0n) is 8.70. The lowest BCUT2D eigenvalue weighted by Crippen LogP contribution is -2.34. The zero-order valence-corrected chi connectivity index (χ0v) is 11.0. The fourth-order valence-electron chi connectivity index (χ4n) is 2.14. The van der Waals surface area contributed by atoms with Crippen molar-refractivity contribution in [3.05, 3.63) is 33.8 Å². The minimum atomic E-state index is -0.489. The summed E-state index contributed by atoms with van der Waals surface area (Å²) in [5.74, 6) is -0.494. The first-order valence-corrected chi connectivity index (χ1v) is 6.59. The van der Waals surface area contributed by atoms with Crippen LogP contribution >= 0.6 is 27.5 Å². The third-order valence-electron chi connectivity index (χ3n) is 3.39. The van der Waals surface area contributed by atoms with Gasteiger partial charge in [-0.3, -0.25) is 0 Å². The van der Waals surface area contributed by atoms with E-state index in [4.69, 9.17) is 11.6 Å². The number of alkyl halides is 1. The molecule has 0 bridgehead atoms. The van der Waals surface area contributed by atoms with Crippen LogP contribution in [0.4, 0.5) is 8.78 Å². The van der Waals surface area contributed by atoms with Gasteiger partial charge in [0.1, 0.15) is 11.6 Å². The van der Waals surface area contributed by atoms with Crippen molar-refractivity contribution in [1.82, 2.24) is 0 Å². The fourth-order valence-corrected chi connectivity index (χ4v) is 2.87. The number of hydrogen-bond donors (Lipinski definition) is 0. The van der Waals surface area contributed by atoms with Gasteiger partial charge >= 0.3 is 0 Å². The SMILES string of the molecule is Fc1ccc(Br)c(F)c1CC1(CCl)CCC1. The molecule has 1 aromatic rings. The van der Waals surface area contributed by atoms with Crippen LogP contribution in [0, 0.1) is 17.0 Å². The lowest BCUT2D eigenvalue weighted by molar-refractivity contribution is 0.162. The molecule has 0 heterocycles. The van der Waals surface area contributed by atoms with Crippen LogP contribution < -0.4 is 0 Å². The topological polar surface area (TPSA) is 0 Å². The molecule has 0 nitrogen and oxygen atoms in total. The molecule has 2 rings (SSSR count). The van der Waals surface area contributed by atoms with Gasteiger partial charge in [0.05, 0.1) is 4.47 Å². The Balaban J connectivity index is 2.30. The number of rotatable bonds is 3. The quantitative estimate of drug-likeness (QED) is 0.562. The van der Waals surface area contributed by atoms with Crippen molar-refractivity contribution in [3.63, 3.8) is 0 Å². The highest BCUT2D eigenvalue weighted by atomic mass is 79.9. The molecule has 1 aliphatic rings. The summed E-state index contributed by atoms with van der Waals surface area (Å²) < 4.78 is 27.6. The van der Waals surface area contributed by atoms with Crippen molar-refractivity contribution < 1.29 is 8.78 Å². The van der Waals surface area contributed by atoms with Crippen LogP contribution in [-0.4, -0.2) is 5.88 Å². The average molecular weight is 310 g/mol. The van der Waals surface area contributed by atoms with E-state index in [-0.39, 0.29) is 11.0 Å². The van der Waals surface area contributed by atoms with Gasteiger partial charge < -0.3 is 0 Å². The molecular weight excluding hydrogens is 297 g/mol. The molecule has 1 saturated carbocycles. The Hall–Kier alpha value is -0.150. The molecule has 0 unspecified atom stereocenters. The van der Waals surface area contributed by atoms with Crippen LogP contribution in [0.2, 0.25) is 0 Å². The van der Waals surface area contributed by atoms with Crippen molar-refractivity contribution in [2.24, 2.45) is 5.41 Å². The Labute approximate surface area is 107 Å². The Kier molecular flexibility index (Phi) is 3.55. The second-order valence-corrected chi connectivity index (χ2v) is 5.61. The highest BCUT2D eigenvalue weighted by Gasteiger charge is 2.37. The van der Waals surface area contributed by atoms with E-state index < -0.39 is 11.6 Å². The highest BCUT2D eigenvalue weighted by molar-refractivity contribution is 9.10. The maximum Gasteiger partial charge on any atom is 0.143 e. The molecule has 0 aromatic heterocycles. The molecule has 1 fully saturated rings. The molecular formula is C12H12BrClF2. The molecule has 4 heteroatoms. The van der Waals surface area contributed by atoms with Gasteiger partial charge in [-0.05, 0) is 52.7 Å². The van der Waals surface area contributed by atoms with E-state index >= 15 is 0 Å². The van der Waals surface area contributed by atoms with Crippen molar-refractivity contribution in [3.8, 4) is 0 Å². The monoisotopic (exact) mass is 308 g/mol. The Morgan fingerprint density at radius 1 is 1.31 bits per heavy atom. The third-order valence-corrected chi connectivity index (χ3v) is 4.57. The Morgan fingerprint density at radius 2 is 2.00 bits per heavy atom. The van der Waals surface area contributed by atoms with Gasteiger partial charge in [-0.15, -0.1) is 11.6 Å². The predicted molar refractivity (Wildman–Crippen MR) is 64.8 cm³/mol. The summed E-state index contributed by atoms with van der Waals surface area (Å²) >= 11 is 8.97. The van der Waals surface area contributed by atoms with Crippen LogP contribution in [0.15, 0.2) is 16.6 Å². The first-order chi connectivity index (χ1) is 7.58. The zero-order chi connectivity index (χ0) is 11.8. The van der Waals surface area contributed by atoms with E-state index in [1.165, 1.54) is 12.1 Å². The van der Waals surface area contributed by atoms with Gasteiger partial charge in [-0.1, -0.05) is 6.42 Å². The molecule has 0 N–H and O–H groups in total. The fraction of sp³-hybridized carbons (Fsp3) is 0.500. The van der Waals surface area contributed by atoms with Gasteiger partial charge in [0, 0.05) is 11.4 Å². The largest absolute Gasteiger partial charge is 0.207 e. The third kappa shape index (κ3) is 2.12. The summed E-state index contributed by atoms with van der Waals surface area (Å²) in [6.45, 7) is 0. The molecule has 0 amide bonds. The second-order valence-electron chi connectivity index (χ2n) is 4.49. The first-order valence-electron chi connectivity index (χ1n) is 5.26. The van der Waals surface area contributed by atoms with Crippen LogP contribution in [-0.2, 0) is 6.42 Å². The van der Waals surface area contributed by atoms with Crippen molar-refractivity contribution in [2.45, 2.75) is 25.7 Å². The molecule has 16 heavy (non-hydrogen) atoms. The molecule has 0 radical (unpaired) electrons. The minimum Gasteiger partial charge on any atom is -0.207 e. The van der Waals surface area contributed by atoms with Gasteiger partial charge in [0.15, 0.2) is 0 Å². The van der Waals surface area contributed by atoms with Gasteiger partial charge in [-0.25, -0.2) is 8.78 Å². The predicted octanol–water partition coefficient (Wildman–Crippen LogP) is 4.68. The van der Waals surface area contributed by atoms with Crippen molar-refractivity contribution in [1.29, 1.82) is 0 Å². The first kappa shape index (κ1) is 12.3. The van der Waals surface area contributed by atoms with E-state index in [9.17, 15) is 8.78 Å². The molecule has 0 spiro atoms. The lowest BCUT2D eigenvalue weighted by atomic mass is 9.67. The second kappa shape index (κ2) is 4.61. The van der Waals surface area contributed by atoms with Gasteiger partial charge in [0.25, 0.3) is 0 Å². The summed E-state index contributed by atoms with van der Waals surface area (Å²) in [6.07, 6.45) is 3.42. The van der Waals surface area contributed by atoms with Crippen molar-refractivity contribution >= 4 is 27.5 Å². The molecule has 1 aliphatic carbocycles. The summed E-state index contributed by atoms with van der Waals surface area (Å²) in [6, 6.07) is 2.69. The number of halogens is 4. The normalized spacial score (nSPS) is 18.2. The Bertz CT molecular complexity index is 397. The molecule has 0 aliphatic heterocycles. The highest BCUT2D eigenvalue weighted by Crippen LogP contribution is 2.45. The van der Waals surface area contributed by atoms with Crippen LogP contribution in [0.3, 0.4) is 0 Å². The minimum absolute atomic E-state index is 0.0932. The van der Waals surface area contributed by atoms with Gasteiger partial charge in [0.2, 0.25) is 0 Å². The van der Waals surface area contributed by atoms with E-state index in [2.05, 4.69) is 15.9 Å². The van der Waals surface area contributed by atoms with Crippen LogP contribution in [0.25, 0.3) is 0 Å². The molecule has 1 aromatic carbocycles. The summed E-state index contributed by atoms with van der Waals surface area (Å²) in [5, 5.41) is 0. The molecule has 88 valence electrons. The maximum absolute atomic E-state index is 13.8. The van der Waals surface area contributed by atoms with E-state index in [0.29, 0.717) is 16.8 Å². The standard InChI is InChI=1S/C12H12BrClF2/c13-9-2-3-10(15)8(11(9)16)6-12(7-14)4-1-5-12/h2-3H,1,4-7H2. The van der Waals surface area contributed by atoms with E-state index in [0.717, 1.165) is 19.3 Å².